The van der Waals surface area contributed by atoms with Crippen molar-refractivity contribution in [2.24, 2.45) is 0 Å². The first kappa shape index (κ1) is 10.7. The van der Waals surface area contributed by atoms with Crippen molar-refractivity contribution in [3.8, 4) is 0 Å². The Morgan fingerprint density at radius 2 is 2.46 bits per heavy atom. The maximum Gasteiger partial charge on any atom is 0.297 e. The van der Waals surface area contributed by atoms with Gasteiger partial charge in [-0.1, -0.05) is 0 Å². The van der Waals surface area contributed by atoms with E-state index in [1.165, 1.54) is 0 Å². The van der Waals surface area contributed by atoms with Gasteiger partial charge in [-0.05, 0) is 35.0 Å². The largest absolute Gasteiger partial charge is 0.389 e. The molecule has 1 atom stereocenters. The molecule has 0 spiro atoms. The van der Waals surface area contributed by atoms with Gasteiger partial charge in [0.05, 0.1) is 5.69 Å². The van der Waals surface area contributed by atoms with Gasteiger partial charge in [0, 0.05) is 17.3 Å². The lowest BCUT2D eigenvalue weighted by Gasteiger charge is -2.08. The molecule has 0 aliphatic heterocycles. The summed E-state index contributed by atoms with van der Waals surface area (Å²) in [7, 11) is -0.982. The molecule has 1 unspecified atom stereocenters. The first-order valence-electron chi connectivity index (χ1n) is 3.96. The van der Waals surface area contributed by atoms with E-state index in [2.05, 4.69) is 20.9 Å². The molecule has 0 saturated heterocycles. The Morgan fingerprint density at radius 3 is 2.92 bits per heavy atom. The van der Waals surface area contributed by atoms with Gasteiger partial charge in [0.25, 0.3) is 9.41 Å². The Hall–Kier alpha value is -0.393. The van der Waals surface area contributed by atoms with E-state index in [0.717, 1.165) is 10.2 Å². The molecule has 1 aromatic rings. The highest BCUT2D eigenvalue weighted by Crippen LogP contribution is 2.14. The molecule has 70 valence electrons. The normalized spacial score (nSPS) is 12.5. The van der Waals surface area contributed by atoms with Crippen LogP contribution < -0.4 is 0 Å². The van der Waals surface area contributed by atoms with Gasteiger partial charge in [-0.15, -0.1) is 0 Å². The Kier molecular flexibility index (Phi) is 4.41. The van der Waals surface area contributed by atoms with Crippen LogP contribution in [0.15, 0.2) is 22.8 Å². The zero-order valence-electron chi connectivity index (χ0n) is 7.24. The zero-order chi connectivity index (χ0) is 9.68. The molecule has 0 radical (unpaired) electrons. The van der Waals surface area contributed by atoms with Gasteiger partial charge in [0.15, 0.2) is 0 Å². The lowest BCUT2D eigenvalue weighted by molar-refractivity contribution is 0.112. The maximum atomic E-state index is 10.8. The van der Waals surface area contributed by atoms with Crippen LogP contribution in [0.2, 0.25) is 0 Å². The molecule has 1 rings (SSSR count). The van der Waals surface area contributed by atoms with Crippen LogP contribution in [-0.4, -0.2) is 21.0 Å². The predicted octanol–water partition coefficient (Wildman–Crippen LogP) is 1.66. The Labute approximate surface area is 87.5 Å². The first-order valence-corrected chi connectivity index (χ1v) is 5.89. The van der Waals surface area contributed by atoms with Crippen LogP contribution in [0.3, 0.4) is 0 Å². The summed E-state index contributed by atoms with van der Waals surface area (Å²) in [6, 6.07) is 3.68. The number of halogens is 1. The number of nitrogens with zero attached hydrogens (tertiary/aromatic N) is 1. The second-order valence-corrected chi connectivity index (χ2v) is 4.21. The molecule has 0 fully saturated rings. The monoisotopic (exact) mass is 259 g/mol. The highest BCUT2D eigenvalue weighted by Gasteiger charge is 2.11. The summed E-state index contributed by atoms with van der Waals surface area (Å²) in [5.41, 5.74) is 0.396. The molecule has 1 heterocycles. The van der Waals surface area contributed by atoms with Crippen LogP contribution >= 0.6 is 15.9 Å². The summed E-state index contributed by atoms with van der Waals surface area (Å²) in [5, 5.41) is 0. The topological polar surface area (TPSA) is 39.2 Å². The van der Waals surface area contributed by atoms with Crippen molar-refractivity contribution in [2.45, 2.75) is 12.7 Å². The third-order valence-corrected chi connectivity index (χ3v) is 2.76. The second-order valence-electron chi connectivity index (χ2n) is 2.41. The average Bonchev–Trinajstić information content (AvgIpc) is 2.16. The maximum absolute atomic E-state index is 10.8. The van der Waals surface area contributed by atoms with Crippen LogP contribution in [-0.2, 0) is 9.20 Å². The molecule has 13 heavy (non-hydrogen) atoms. The van der Waals surface area contributed by atoms with E-state index in [4.69, 9.17) is 4.74 Å². The van der Waals surface area contributed by atoms with Crippen molar-refractivity contribution in [2.75, 3.05) is 6.61 Å². The van der Waals surface area contributed by atoms with Crippen LogP contribution in [0, 0.1) is 0 Å². The molecule has 3 nitrogen and oxygen atoms in total. The summed E-state index contributed by atoms with van der Waals surface area (Å²) >= 11 is 3.28. The first-order chi connectivity index (χ1) is 6.27. The fourth-order valence-corrected chi connectivity index (χ4v) is 1.77. The Morgan fingerprint density at radius 1 is 1.69 bits per heavy atom. The molecule has 0 aliphatic carbocycles. The van der Waals surface area contributed by atoms with E-state index in [0.29, 0.717) is 6.61 Å². The number of ether oxygens (including phenoxy) is 1. The van der Waals surface area contributed by atoms with Crippen molar-refractivity contribution in [1.82, 2.24) is 4.98 Å². The molecule has 5 heteroatoms. The summed E-state index contributed by atoms with van der Waals surface area (Å²) < 4.78 is 17.0. The molecule has 0 aliphatic rings. The van der Waals surface area contributed by atoms with Gasteiger partial charge in [0.2, 0.25) is 0 Å². The van der Waals surface area contributed by atoms with E-state index in [-0.39, 0.29) is 5.73 Å². The average molecular weight is 260 g/mol. The molecule has 0 amide bonds. The standard InChI is InChI=1S/C8H10BrNO2Si/c1-2-12-8(13-11)7-4-3-6(9)5-10-7/h3-5,8,13H,2H2,1H3. The van der Waals surface area contributed by atoms with Gasteiger partial charge in [-0.2, -0.15) is 0 Å². The number of hydrogen-bond donors (Lipinski definition) is 0. The van der Waals surface area contributed by atoms with Crippen LogP contribution in [0.5, 0.6) is 0 Å². The zero-order valence-corrected chi connectivity index (χ0v) is 9.98. The minimum absolute atomic E-state index is 0.335. The quantitative estimate of drug-likeness (QED) is 0.773. The minimum atomic E-state index is -0.982. The minimum Gasteiger partial charge on any atom is -0.389 e. The number of aromatic nitrogens is 1. The van der Waals surface area contributed by atoms with Crippen molar-refractivity contribution >= 4 is 25.3 Å². The van der Waals surface area contributed by atoms with Crippen LogP contribution in [0.25, 0.3) is 0 Å². The van der Waals surface area contributed by atoms with Gasteiger partial charge < -0.3 is 9.20 Å². The SMILES string of the molecule is CCOC([SiH]=O)c1ccc(Br)cn1. The summed E-state index contributed by atoms with van der Waals surface area (Å²) in [5.74, 6) is 0. The van der Waals surface area contributed by atoms with Gasteiger partial charge >= 0.3 is 0 Å². The van der Waals surface area contributed by atoms with E-state index < -0.39 is 9.41 Å². The van der Waals surface area contributed by atoms with E-state index in [9.17, 15) is 4.46 Å². The fraction of sp³-hybridized carbons (Fsp3) is 0.375. The third-order valence-electron chi connectivity index (χ3n) is 1.51. The van der Waals surface area contributed by atoms with Gasteiger partial charge in [-0.3, -0.25) is 4.98 Å². The van der Waals surface area contributed by atoms with E-state index in [1.807, 2.05) is 19.1 Å². The molecule has 0 N–H and O–H groups in total. The summed E-state index contributed by atoms with van der Waals surface area (Å²) in [6.45, 7) is 2.43. The highest BCUT2D eigenvalue weighted by atomic mass is 79.9. The predicted molar refractivity (Wildman–Crippen MR) is 54.1 cm³/mol. The summed E-state index contributed by atoms with van der Waals surface area (Å²) in [6.07, 6.45) is 1.68. The number of rotatable bonds is 4. The van der Waals surface area contributed by atoms with Crippen LogP contribution in [0.4, 0.5) is 0 Å². The smallest absolute Gasteiger partial charge is 0.297 e. The number of hydrogen-bond acceptors (Lipinski definition) is 3. The summed E-state index contributed by atoms with van der Waals surface area (Å²) in [4.78, 5) is 4.12. The van der Waals surface area contributed by atoms with Gasteiger partial charge in [-0.25, -0.2) is 0 Å². The Bertz CT molecular complexity index is 278. The van der Waals surface area contributed by atoms with Crippen molar-refractivity contribution in [3.63, 3.8) is 0 Å². The molecular formula is C8H10BrNO2Si. The molecule has 1 aromatic heterocycles. The van der Waals surface area contributed by atoms with E-state index in [1.54, 1.807) is 6.20 Å². The number of pyridine rings is 1. The lowest BCUT2D eigenvalue weighted by atomic mass is 10.4. The molecule has 0 aromatic carbocycles. The van der Waals surface area contributed by atoms with E-state index >= 15 is 0 Å². The molecular weight excluding hydrogens is 250 g/mol. The molecule has 0 saturated carbocycles. The van der Waals surface area contributed by atoms with Crippen molar-refractivity contribution in [3.05, 3.63) is 28.5 Å². The third kappa shape index (κ3) is 3.09. The fourth-order valence-electron chi connectivity index (χ4n) is 0.929. The highest BCUT2D eigenvalue weighted by molar-refractivity contribution is 9.10. The van der Waals surface area contributed by atoms with Gasteiger partial charge in [0.1, 0.15) is 5.73 Å². The lowest BCUT2D eigenvalue weighted by Crippen LogP contribution is -2.08. The van der Waals surface area contributed by atoms with Crippen LogP contribution in [0.1, 0.15) is 18.3 Å². The Balaban J connectivity index is 2.79. The second kappa shape index (κ2) is 5.36. The van der Waals surface area contributed by atoms with Crippen molar-refractivity contribution in [1.29, 1.82) is 0 Å². The van der Waals surface area contributed by atoms with Crippen molar-refractivity contribution < 1.29 is 9.20 Å². The molecule has 0 bridgehead atoms.